The van der Waals surface area contributed by atoms with E-state index < -0.39 is 5.97 Å². The fraction of sp³-hybridized carbons (Fsp3) is 0.286. The Morgan fingerprint density at radius 3 is 2.75 bits per heavy atom. The van der Waals surface area contributed by atoms with Crippen LogP contribution in [-0.4, -0.2) is 35.9 Å². The second kappa shape index (κ2) is 8.39. The predicted octanol–water partition coefficient (Wildman–Crippen LogP) is 4.01. The molecular weight excluding hydrogens is 376 g/mol. The van der Waals surface area contributed by atoms with Gasteiger partial charge in [-0.05, 0) is 26.0 Å². The number of methoxy groups -OCH3 is 1. The molecule has 0 aliphatic carbocycles. The molecular formula is C21H22N2O4S. The van der Waals surface area contributed by atoms with E-state index in [1.807, 2.05) is 30.5 Å². The van der Waals surface area contributed by atoms with Gasteiger partial charge in [0.1, 0.15) is 22.1 Å². The fourth-order valence-corrected chi connectivity index (χ4v) is 3.66. The summed E-state index contributed by atoms with van der Waals surface area (Å²) in [5.74, 6) is 0.486. The Kier molecular flexibility index (Phi) is 5.94. The first kappa shape index (κ1) is 19.8. The highest BCUT2D eigenvalue weighted by atomic mass is 32.1. The van der Waals surface area contributed by atoms with Crippen molar-refractivity contribution >= 4 is 23.2 Å². The first-order valence-electron chi connectivity index (χ1n) is 8.80. The zero-order chi connectivity index (χ0) is 20.3. The van der Waals surface area contributed by atoms with Gasteiger partial charge in [-0.1, -0.05) is 23.8 Å². The Morgan fingerprint density at radius 2 is 2.04 bits per heavy atom. The van der Waals surface area contributed by atoms with Gasteiger partial charge in [-0.2, -0.15) is 0 Å². The molecule has 0 aliphatic rings. The third-order valence-electron chi connectivity index (χ3n) is 4.34. The van der Waals surface area contributed by atoms with Gasteiger partial charge in [-0.25, -0.2) is 9.78 Å². The first-order valence-corrected chi connectivity index (χ1v) is 9.68. The van der Waals surface area contributed by atoms with E-state index in [0.29, 0.717) is 17.1 Å². The van der Waals surface area contributed by atoms with Crippen molar-refractivity contribution in [2.75, 3.05) is 14.2 Å². The summed E-state index contributed by atoms with van der Waals surface area (Å²) in [6, 6.07) is 9.75. The van der Waals surface area contributed by atoms with Crippen LogP contribution in [0.4, 0.5) is 0 Å². The van der Waals surface area contributed by atoms with Crippen molar-refractivity contribution in [1.29, 1.82) is 0 Å². The molecule has 146 valence electrons. The summed E-state index contributed by atoms with van der Waals surface area (Å²) in [5.41, 5.74) is 3.34. The SMILES string of the molecule is COC(=O)c1cc(CN(C)C(=O)Cc2csc(-c3cccc(C)c3)n2)oc1C. The van der Waals surface area contributed by atoms with Crippen molar-refractivity contribution in [3.05, 3.63) is 64.1 Å². The van der Waals surface area contributed by atoms with Gasteiger partial charge in [0.25, 0.3) is 0 Å². The van der Waals surface area contributed by atoms with Crippen LogP contribution in [0.1, 0.15) is 33.1 Å². The summed E-state index contributed by atoms with van der Waals surface area (Å²) in [4.78, 5) is 30.4. The molecule has 2 heterocycles. The second-order valence-corrected chi connectivity index (χ2v) is 7.47. The van der Waals surface area contributed by atoms with E-state index in [4.69, 9.17) is 9.15 Å². The van der Waals surface area contributed by atoms with Crippen LogP contribution in [0.2, 0.25) is 0 Å². The van der Waals surface area contributed by atoms with E-state index in [0.717, 1.165) is 16.3 Å². The van der Waals surface area contributed by atoms with Crippen molar-refractivity contribution in [1.82, 2.24) is 9.88 Å². The molecule has 1 amide bonds. The van der Waals surface area contributed by atoms with Crippen LogP contribution in [0.5, 0.6) is 0 Å². The smallest absolute Gasteiger partial charge is 0.341 e. The summed E-state index contributed by atoms with van der Waals surface area (Å²) in [6.07, 6.45) is 0.211. The number of aromatic nitrogens is 1. The number of hydrogen-bond acceptors (Lipinski definition) is 6. The molecule has 0 radical (unpaired) electrons. The van der Waals surface area contributed by atoms with Gasteiger partial charge in [0.05, 0.1) is 25.8 Å². The number of likely N-dealkylation sites (N-methyl/N-ethyl adjacent to an activating group) is 1. The topological polar surface area (TPSA) is 72.6 Å². The Morgan fingerprint density at radius 1 is 1.25 bits per heavy atom. The predicted molar refractivity (Wildman–Crippen MR) is 107 cm³/mol. The molecule has 0 saturated carbocycles. The highest BCUT2D eigenvalue weighted by molar-refractivity contribution is 7.13. The lowest BCUT2D eigenvalue weighted by molar-refractivity contribution is -0.130. The van der Waals surface area contributed by atoms with Gasteiger partial charge in [0.2, 0.25) is 5.91 Å². The maximum Gasteiger partial charge on any atom is 0.341 e. The molecule has 0 fully saturated rings. The zero-order valence-electron chi connectivity index (χ0n) is 16.3. The number of amides is 1. The minimum absolute atomic E-state index is 0.0743. The van der Waals surface area contributed by atoms with Gasteiger partial charge < -0.3 is 14.1 Å². The molecule has 0 atom stereocenters. The highest BCUT2D eigenvalue weighted by Gasteiger charge is 2.19. The number of nitrogens with zero attached hydrogens (tertiary/aromatic N) is 2. The Hall–Kier alpha value is -2.93. The van der Waals surface area contributed by atoms with E-state index in [1.54, 1.807) is 24.9 Å². The lowest BCUT2D eigenvalue weighted by Gasteiger charge is -2.14. The summed E-state index contributed by atoms with van der Waals surface area (Å²) in [6.45, 7) is 4.00. The highest BCUT2D eigenvalue weighted by Crippen LogP contribution is 2.25. The molecule has 3 aromatic rings. The van der Waals surface area contributed by atoms with Gasteiger partial charge in [-0.3, -0.25) is 4.79 Å². The third kappa shape index (κ3) is 4.48. The number of furan rings is 1. The lowest BCUT2D eigenvalue weighted by atomic mass is 10.1. The maximum absolute atomic E-state index is 12.6. The van der Waals surface area contributed by atoms with Crippen LogP contribution in [-0.2, 0) is 22.5 Å². The average Bonchev–Trinajstić information content (AvgIpc) is 3.27. The van der Waals surface area contributed by atoms with Crippen LogP contribution < -0.4 is 0 Å². The molecule has 6 nitrogen and oxygen atoms in total. The number of benzene rings is 1. The zero-order valence-corrected chi connectivity index (χ0v) is 17.1. The Bertz CT molecular complexity index is 1010. The average molecular weight is 398 g/mol. The number of carbonyl (C=O) groups excluding carboxylic acids is 2. The molecule has 0 unspecified atom stereocenters. The number of esters is 1. The Labute approximate surface area is 167 Å². The van der Waals surface area contributed by atoms with Gasteiger partial charge in [0.15, 0.2) is 0 Å². The molecule has 28 heavy (non-hydrogen) atoms. The van der Waals surface area contributed by atoms with Gasteiger partial charge >= 0.3 is 5.97 Å². The molecule has 3 rings (SSSR count). The number of ether oxygens (including phenoxy) is 1. The summed E-state index contributed by atoms with van der Waals surface area (Å²) < 4.78 is 10.3. The lowest BCUT2D eigenvalue weighted by Crippen LogP contribution is -2.27. The molecule has 2 aromatic heterocycles. The monoisotopic (exact) mass is 398 g/mol. The standard InChI is InChI=1S/C21H22N2O4S/c1-13-6-5-7-15(8-13)20-22-16(12-28-20)9-19(24)23(3)11-17-10-18(14(2)27-17)21(25)26-4/h5-8,10,12H,9,11H2,1-4H3. The van der Waals surface area contributed by atoms with Gasteiger partial charge in [-0.15, -0.1) is 11.3 Å². The van der Waals surface area contributed by atoms with E-state index in [9.17, 15) is 9.59 Å². The number of thiazole rings is 1. The van der Waals surface area contributed by atoms with Crippen molar-refractivity contribution in [3.8, 4) is 10.6 Å². The van der Waals surface area contributed by atoms with E-state index >= 15 is 0 Å². The molecule has 0 spiro atoms. The molecule has 0 saturated heterocycles. The fourth-order valence-electron chi connectivity index (χ4n) is 2.84. The van der Waals surface area contributed by atoms with Gasteiger partial charge in [0, 0.05) is 18.0 Å². The number of rotatable bonds is 6. The third-order valence-corrected chi connectivity index (χ3v) is 5.28. The quantitative estimate of drug-likeness (QED) is 0.587. The van der Waals surface area contributed by atoms with Crippen molar-refractivity contribution in [3.63, 3.8) is 0 Å². The summed E-state index contributed by atoms with van der Waals surface area (Å²) in [5, 5.41) is 2.81. The normalized spacial score (nSPS) is 10.7. The number of hydrogen-bond donors (Lipinski definition) is 0. The summed E-state index contributed by atoms with van der Waals surface area (Å²) >= 11 is 1.53. The first-order chi connectivity index (χ1) is 13.4. The summed E-state index contributed by atoms with van der Waals surface area (Å²) in [7, 11) is 3.02. The minimum atomic E-state index is -0.451. The second-order valence-electron chi connectivity index (χ2n) is 6.61. The molecule has 0 aliphatic heterocycles. The van der Waals surface area contributed by atoms with E-state index in [1.165, 1.54) is 24.0 Å². The maximum atomic E-state index is 12.6. The number of aryl methyl sites for hydroxylation is 2. The van der Waals surface area contributed by atoms with Crippen molar-refractivity contribution < 1.29 is 18.7 Å². The molecule has 7 heteroatoms. The van der Waals surface area contributed by atoms with Crippen molar-refractivity contribution in [2.45, 2.75) is 26.8 Å². The largest absolute Gasteiger partial charge is 0.465 e. The molecule has 1 aromatic carbocycles. The van der Waals surface area contributed by atoms with Crippen LogP contribution in [0.25, 0.3) is 10.6 Å². The Balaban J connectivity index is 1.64. The number of carbonyl (C=O) groups is 2. The minimum Gasteiger partial charge on any atom is -0.465 e. The van der Waals surface area contributed by atoms with Crippen LogP contribution in [0.3, 0.4) is 0 Å². The van der Waals surface area contributed by atoms with Crippen LogP contribution in [0.15, 0.2) is 40.1 Å². The van der Waals surface area contributed by atoms with Crippen LogP contribution >= 0.6 is 11.3 Å². The van der Waals surface area contributed by atoms with Crippen molar-refractivity contribution in [2.24, 2.45) is 0 Å². The molecule has 0 bridgehead atoms. The van der Waals surface area contributed by atoms with E-state index in [2.05, 4.69) is 11.1 Å². The van der Waals surface area contributed by atoms with Crippen LogP contribution in [0, 0.1) is 13.8 Å². The van der Waals surface area contributed by atoms with E-state index in [-0.39, 0.29) is 18.9 Å². The molecule has 0 N–H and O–H groups in total.